The largest absolute Gasteiger partial charge is 0.320 e. The Morgan fingerprint density at radius 1 is 1.13 bits per heavy atom. The molecule has 1 N–H and O–H groups in total. The first kappa shape index (κ1) is 11.4. The maximum Gasteiger partial charge on any atom is 0.00954 e. The van der Waals surface area contributed by atoms with Gasteiger partial charge in [0.05, 0.1) is 0 Å². The van der Waals surface area contributed by atoms with Crippen molar-refractivity contribution >= 4 is 0 Å². The van der Waals surface area contributed by atoms with Crippen LogP contribution in [0.1, 0.15) is 44.9 Å². The van der Waals surface area contributed by atoms with E-state index in [1.165, 1.54) is 64.6 Å². The highest BCUT2D eigenvalue weighted by Gasteiger charge is 2.28. The second-order valence-electron chi connectivity index (χ2n) is 5.31. The van der Waals surface area contributed by atoms with E-state index in [2.05, 4.69) is 17.3 Å². The van der Waals surface area contributed by atoms with E-state index in [-0.39, 0.29) is 0 Å². The second kappa shape index (κ2) is 5.86. The highest BCUT2D eigenvalue weighted by atomic mass is 15.2. The zero-order chi connectivity index (χ0) is 10.5. The normalized spacial score (nSPS) is 32.6. The summed E-state index contributed by atoms with van der Waals surface area (Å²) >= 11 is 0. The Balaban J connectivity index is 1.59. The fourth-order valence-corrected chi connectivity index (χ4v) is 3.07. The Morgan fingerprint density at radius 2 is 1.87 bits per heavy atom. The van der Waals surface area contributed by atoms with Crippen molar-refractivity contribution < 1.29 is 0 Å². The minimum atomic E-state index is 0.958. The van der Waals surface area contributed by atoms with Gasteiger partial charge < -0.3 is 10.2 Å². The molecule has 0 aromatic rings. The van der Waals surface area contributed by atoms with Gasteiger partial charge in [-0.2, -0.15) is 0 Å². The Kier molecular flexibility index (Phi) is 4.45. The van der Waals surface area contributed by atoms with Crippen LogP contribution < -0.4 is 5.32 Å². The highest BCUT2D eigenvalue weighted by molar-refractivity contribution is 4.83. The molecule has 2 heteroatoms. The van der Waals surface area contributed by atoms with Crippen molar-refractivity contribution in [1.82, 2.24) is 10.2 Å². The lowest BCUT2D eigenvalue weighted by Gasteiger charge is -2.42. The molecule has 1 saturated heterocycles. The molecule has 0 atom stereocenters. The van der Waals surface area contributed by atoms with E-state index in [9.17, 15) is 0 Å². The van der Waals surface area contributed by atoms with Gasteiger partial charge in [-0.3, -0.25) is 0 Å². The summed E-state index contributed by atoms with van der Waals surface area (Å²) in [5.41, 5.74) is 0. The summed E-state index contributed by atoms with van der Waals surface area (Å²) in [6.07, 6.45) is 10.2. The first-order valence-electron chi connectivity index (χ1n) is 6.79. The molecule has 0 bridgehead atoms. The second-order valence-corrected chi connectivity index (χ2v) is 5.31. The van der Waals surface area contributed by atoms with Crippen LogP contribution in [0.2, 0.25) is 0 Å². The van der Waals surface area contributed by atoms with Crippen molar-refractivity contribution in [2.24, 2.45) is 5.92 Å². The topological polar surface area (TPSA) is 15.3 Å². The Morgan fingerprint density at radius 3 is 2.40 bits per heavy atom. The molecule has 1 aliphatic carbocycles. The number of likely N-dealkylation sites (tertiary alicyclic amines) is 1. The van der Waals surface area contributed by atoms with E-state index < -0.39 is 0 Å². The molecule has 0 unspecified atom stereocenters. The third-order valence-electron chi connectivity index (χ3n) is 4.26. The minimum absolute atomic E-state index is 0.958. The van der Waals surface area contributed by atoms with Crippen LogP contribution in [-0.2, 0) is 0 Å². The molecule has 0 radical (unpaired) electrons. The molecule has 2 nitrogen and oxygen atoms in total. The predicted molar refractivity (Wildman–Crippen MR) is 65.1 cm³/mol. The van der Waals surface area contributed by atoms with E-state index >= 15 is 0 Å². The van der Waals surface area contributed by atoms with Gasteiger partial charge in [0.25, 0.3) is 0 Å². The van der Waals surface area contributed by atoms with Gasteiger partial charge in [-0.1, -0.05) is 0 Å². The van der Waals surface area contributed by atoms with Crippen LogP contribution in [0.4, 0.5) is 0 Å². The quantitative estimate of drug-likeness (QED) is 0.700. The van der Waals surface area contributed by atoms with Crippen molar-refractivity contribution in [1.29, 1.82) is 0 Å². The van der Waals surface area contributed by atoms with Crippen molar-refractivity contribution in [2.45, 2.75) is 51.0 Å². The van der Waals surface area contributed by atoms with Crippen molar-refractivity contribution in [3.05, 3.63) is 0 Å². The van der Waals surface area contributed by atoms with E-state index in [0.717, 1.165) is 12.0 Å². The fourth-order valence-electron chi connectivity index (χ4n) is 3.07. The van der Waals surface area contributed by atoms with E-state index in [1.807, 2.05) is 0 Å². The molecule has 0 amide bonds. The zero-order valence-electron chi connectivity index (χ0n) is 10.2. The molecule has 1 heterocycles. The average molecular weight is 210 g/mol. The van der Waals surface area contributed by atoms with Gasteiger partial charge >= 0.3 is 0 Å². The molecule has 2 fully saturated rings. The molecular formula is C13H26N2. The van der Waals surface area contributed by atoms with Crippen LogP contribution in [0, 0.1) is 5.92 Å². The number of hydrogen-bond donors (Lipinski definition) is 1. The summed E-state index contributed by atoms with van der Waals surface area (Å²) in [7, 11) is 2.06. The van der Waals surface area contributed by atoms with Crippen LogP contribution in [0.25, 0.3) is 0 Å². The minimum Gasteiger partial charge on any atom is -0.320 e. The lowest BCUT2D eigenvalue weighted by molar-refractivity contribution is 0.0774. The molecule has 1 aliphatic heterocycles. The van der Waals surface area contributed by atoms with E-state index in [1.54, 1.807) is 0 Å². The first-order valence-corrected chi connectivity index (χ1v) is 6.79. The monoisotopic (exact) mass is 210 g/mol. The average Bonchev–Trinajstić information content (AvgIpc) is 2.18. The number of nitrogens with zero attached hydrogens (tertiary/aromatic N) is 1. The molecule has 88 valence electrons. The van der Waals surface area contributed by atoms with Crippen molar-refractivity contribution in [3.63, 3.8) is 0 Å². The number of hydrogen-bond acceptors (Lipinski definition) is 2. The molecule has 0 spiro atoms. The van der Waals surface area contributed by atoms with Crippen LogP contribution in [-0.4, -0.2) is 37.6 Å². The SMILES string of the molecule is CNCCCC1CCC(N2CCC2)CC1. The molecule has 15 heavy (non-hydrogen) atoms. The van der Waals surface area contributed by atoms with E-state index in [4.69, 9.17) is 0 Å². The Labute approximate surface area is 94.4 Å². The summed E-state index contributed by atoms with van der Waals surface area (Å²) < 4.78 is 0. The summed E-state index contributed by atoms with van der Waals surface area (Å²) in [6, 6.07) is 0.958. The molecular weight excluding hydrogens is 184 g/mol. The zero-order valence-corrected chi connectivity index (χ0v) is 10.2. The maximum atomic E-state index is 3.24. The smallest absolute Gasteiger partial charge is 0.00954 e. The lowest BCUT2D eigenvalue weighted by Crippen LogP contribution is -2.46. The highest BCUT2D eigenvalue weighted by Crippen LogP contribution is 2.31. The van der Waals surface area contributed by atoms with Crippen LogP contribution in [0.15, 0.2) is 0 Å². The van der Waals surface area contributed by atoms with Crippen LogP contribution >= 0.6 is 0 Å². The van der Waals surface area contributed by atoms with Crippen LogP contribution in [0.3, 0.4) is 0 Å². The van der Waals surface area contributed by atoms with Gasteiger partial charge in [0.1, 0.15) is 0 Å². The molecule has 2 aliphatic rings. The standard InChI is InChI=1S/C13H26N2/c1-14-9-2-4-12-5-7-13(8-6-12)15-10-3-11-15/h12-14H,2-11H2,1H3. The molecule has 0 aromatic carbocycles. The van der Waals surface area contributed by atoms with Gasteiger partial charge in [-0.05, 0) is 77.5 Å². The van der Waals surface area contributed by atoms with Crippen molar-refractivity contribution in [2.75, 3.05) is 26.7 Å². The van der Waals surface area contributed by atoms with Crippen molar-refractivity contribution in [3.8, 4) is 0 Å². The van der Waals surface area contributed by atoms with Gasteiger partial charge in [0.15, 0.2) is 0 Å². The fraction of sp³-hybridized carbons (Fsp3) is 1.00. The maximum absolute atomic E-state index is 3.24. The summed E-state index contributed by atoms with van der Waals surface area (Å²) in [6.45, 7) is 3.97. The molecule has 2 rings (SSSR count). The predicted octanol–water partition coefficient (Wildman–Crippen LogP) is 2.25. The first-order chi connectivity index (χ1) is 7.40. The number of nitrogens with one attached hydrogen (secondary N) is 1. The third-order valence-corrected chi connectivity index (χ3v) is 4.26. The molecule has 0 aromatic heterocycles. The van der Waals surface area contributed by atoms with E-state index in [0.29, 0.717) is 0 Å². The summed E-state index contributed by atoms with van der Waals surface area (Å²) in [5.74, 6) is 1.04. The van der Waals surface area contributed by atoms with Crippen LogP contribution in [0.5, 0.6) is 0 Å². The third kappa shape index (κ3) is 3.18. The van der Waals surface area contributed by atoms with Gasteiger partial charge in [-0.15, -0.1) is 0 Å². The summed E-state index contributed by atoms with van der Waals surface area (Å²) in [4.78, 5) is 2.70. The molecule has 1 saturated carbocycles. The Hall–Kier alpha value is -0.0800. The summed E-state index contributed by atoms with van der Waals surface area (Å²) in [5, 5.41) is 3.24. The number of rotatable bonds is 5. The van der Waals surface area contributed by atoms with Gasteiger partial charge in [0, 0.05) is 6.04 Å². The van der Waals surface area contributed by atoms with Gasteiger partial charge in [-0.25, -0.2) is 0 Å². The van der Waals surface area contributed by atoms with Gasteiger partial charge in [0.2, 0.25) is 0 Å². The lowest BCUT2D eigenvalue weighted by atomic mass is 9.82. The Bertz CT molecular complexity index is 169.